The van der Waals surface area contributed by atoms with Crippen LogP contribution in [0.1, 0.15) is 25.3 Å². The standard InChI is InChI=1S/C13H16O/c1-3-13(14)11(2)9-10-12-7-5-4-6-8-12/h4-8H,2-3,9-10H2,1H3. The van der Waals surface area contributed by atoms with Gasteiger partial charge in [-0.15, -0.1) is 0 Å². The maximum Gasteiger partial charge on any atom is 0.158 e. The SMILES string of the molecule is C=C(CCc1ccccc1)C(=O)CC. The van der Waals surface area contributed by atoms with Crippen LogP contribution < -0.4 is 0 Å². The average Bonchev–Trinajstić information content (AvgIpc) is 2.26. The summed E-state index contributed by atoms with van der Waals surface area (Å²) >= 11 is 0. The van der Waals surface area contributed by atoms with Crippen LogP contribution in [0.4, 0.5) is 0 Å². The number of allylic oxidation sites excluding steroid dienone is 1. The Hall–Kier alpha value is -1.37. The molecular weight excluding hydrogens is 172 g/mol. The van der Waals surface area contributed by atoms with Crippen LogP contribution in [0.25, 0.3) is 0 Å². The summed E-state index contributed by atoms with van der Waals surface area (Å²) in [5, 5.41) is 0. The van der Waals surface area contributed by atoms with Crippen LogP contribution in [-0.2, 0) is 11.2 Å². The fourth-order valence-corrected chi connectivity index (χ4v) is 1.33. The van der Waals surface area contributed by atoms with Crippen molar-refractivity contribution in [3.63, 3.8) is 0 Å². The van der Waals surface area contributed by atoms with Crippen LogP contribution >= 0.6 is 0 Å². The minimum atomic E-state index is 0.181. The summed E-state index contributed by atoms with van der Waals surface area (Å²) < 4.78 is 0. The van der Waals surface area contributed by atoms with Crippen molar-refractivity contribution < 1.29 is 4.79 Å². The molecule has 0 atom stereocenters. The van der Waals surface area contributed by atoms with Gasteiger partial charge in [-0.05, 0) is 24.0 Å². The molecule has 0 fully saturated rings. The monoisotopic (exact) mass is 188 g/mol. The van der Waals surface area contributed by atoms with E-state index < -0.39 is 0 Å². The number of carbonyl (C=O) groups excluding carboxylic acids is 1. The largest absolute Gasteiger partial charge is 0.295 e. The van der Waals surface area contributed by atoms with Crippen LogP contribution in [0.3, 0.4) is 0 Å². The fourth-order valence-electron chi connectivity index (χ4n) is 1.33. The van der Waals surface area contributed by atoms with E-state index in [2.05, 4.69) is 18.7 Å². The molecule has 1 aromatic carbocycles. The van der Waals surface area contributed by atoms with E-state index >= 15 is 0 Å². The summed E-state index contributed by atoms with van der Waals surface area (Å²) in [6, 6.07) is 10.2. The molecular formula is C13H16O. The number of Topliss-reactive ketones (excluding diaryl/α,β-unsaturated/α-hetero) is 1. The quantitative estimate of drug-likeness (QED) is 0.649. The molecule has 0 N–H and O–H groups in total. The molecule has 1 rings (SSSR count). The first kappa shape index (κ1) is 10.7. The maximum atomic E-state index is 11.2. The third kappa shape index (κ3) is 3.17. The van der Waals surface area contributed by atoms with Crippen molar-refractivity contribution in [3.05, 3.63) is 48.0 Å². The highest BCUT2D eigenvalue weighted by molar-refractivity contribution is 5.94. The van der Waals surface area contributed by atoms with Gasteiger partial charge in [0.15, 0.2) is 5.78 Å². The molecule has 0 spiro atoms. The van der Waals surface area contributed by atoms with Crippen molar-refractivity contribution in [1.29, 1.82) is 0 Å². The third-order valence-electron chi connectivity index (χ3n) is 2.27. The van der Waals surface area contributed by atoms with Gasteiger partial charge in [0, 0.05) is 6.42 Å². The van der Waals surface area contributed by atoms with Crippen LogP contribution in [0.2, 0.25) is 0 Å². The smallest absolute Gasteiger partial charge is 0.158 e. The number of ketones is 1. The third-order valence-corrected chi connectivity index (χ3v) is 2.27. The van der Waals surface area contributed by atoms with E-state index in [1.807, 2.05) is 25.1 Å². The van der Waals surface area contributed by atoms with Gasteiger partial charge >= 0.3 is 0 Å². The molecule has 0 amide bonds. The Bertz CT molecular complexity index is 311. The van der Waals surface area contributed by atoms with E-state index in [1.54, 1.807) is 0 Å². The van der Waals surface area contributed by atoms with Crippen LogP contribution in [0.5, 0.6) is 0 Å². The summed E-state index contributed by atoms with van der Waals surface area (Å²) in [6.45, 7) is 5.66. The first-order valence-corrected chi connectivity index (χ1v) is 4.99. The minimum Gasteiger partial charge on any atom is -0.295 e. The molecule has 0 saturated heterocycles. The normalized spacial score (nSPS) is 9.79. The molecule has 0 heterocycles. The second kappa shape index (κ2) is 5.38. The number of benzene rings is 1. The van der Waals surface area contributed by atoms with Crippen LogP contribution in [0, 0.1) is 0 Å². The molecule has 1 aromatic rings. The van der Waals surface area contributed by atoms with E-state index in [4.69, 9.17) is 0 Å². The first-order valence-electron chi connectivity index (χ1n) is 4.99. The predicted molar refractivity (Wildman–Crippen MR) is 59.2 cm³/mol. The Morgan fingerprint density at radius 2 is 1.93 bits per heavy atom. The van der Waals surface area contributed by atoms with Crippen molar-refractivity contribution >= 4 is 5.78 Å². The van der Waals surface area contributed by atoms with Gasteiger partial charge in [-0.2, -0.15) is 0 Å². The van der Waals surface area contributed by atoms with E-state index in [0.29, 0.717) is 6.42 Å². The number of aryl methyl sites for hydroxylation is 1. The Morgan fingerprint density at radius 3 is 2.50 bits per heavy atom. The number of carbonyl (C=O) groups is 1. The van der Waals surface area contributed by atoms with E-state index in [1.165, 1.54) is 5.56 Å². The second-order valence-corrected chi connectivity index (χ2v) is 3.37. The number of hydrogen-bond donors (Lipinski definition) is 0. The molecule has 1 heteroatoms. The highest BCUT2D eigenvalue weighted by atomic mass is 16.1. The average molecular weight is 188 g/mol. The molecule has 0 aliphatic rings. The Balaban J connectivity index is 2.42. The van der Waals surface area contributed by atoms with E-state index in [9.17, 15) is 4.79 Å². The fraction of sp³-hybridized carbons (Fsp3) is 0.308. The van der Waals surface area contributed by atoms with Crippen molar-refractivity contribution in [2.24, 2.45) is 0 Å². The molecule has 0 radical (unpaired) electrons. The van der Waals surface area contributed by atoms with Gasteiger partial charge in [0.25, 0.3) is 0 Å². The molecule has 0 aromatic heterocycles. The topological polar surface area (TPSA) is 17.1 Å². The molecule has 0 saturated carbocycles. The summed E-state index contributed by atoms with van der Waals surface area (Å²) in [7, 11) is 0. The highest BCUT2D eigenvalue weighted by Gasteiger charge is 2.03. The first-order chi connectivity index (χ1) is 6.74. The Kier molecular flexibility index (Phi) is 4.11. The lowest BCUT2D eigenvalue weighted by Crippen LogP contribution is -2.00. The van der Waals surface area contributed by atoms with Gasteiger partial charge in [-0.3, -0.25) is 4.79 Å². The molecule has 0 aliphatic carbocycles. The van der Waals surface area contributed by atoms with E-state index in [-0.39, 0.29) is 5.78 Å². The summed E-state index contributed by atoms with van der Waals surface area (Å²) in [5.41, 5.74) is 2.01. The van der Waals surface area contributed by atoms with Crippen molar-refractivity contribution in [2.75, 3.05) is 0 Å². The Labute approximate surface area is 85.5 Å². The zero-order chi connectivity index (χ0) is 10.4. The van der Waals surface area contributed by atoms with Crippen LogP contribution in [0.15, 0.2) is 42.5 Å². The lowest BCUT2D eigenvalue weighted by atomic mass is 10.0. The van der Waals surface area contributed by atoms with Gasteiger partial charge in [0.1, 0.15) is 0 Å². The van der Waals surface area contributed by atoms with Gasteiger partial charge < -0.3 is 0 Å². The van der Waals surface area contributed by atoms with Crippen molar-refractivity contribution in [2.45, 2.75) is 26.2 Å². The minimum absolute atomic E-state index is 0.181. The zero-order valence-electron chi connectivity index (χ0n) is 8.62. The number of hydrogen-bond acceptors (Lipinski definition) is 1. The summed E-state index contributed by atoms with van der Waals surface area (Å²) in [5.74, 6) is 0.181. The van der Waals surface area contributed by atoms with Gasteiger partial charge in [0.05, 0.1) is 0 Å². The molecule has 74 valence electrons. The molecule has 1 nitrogen and oxygen atoms in total. The molecule has 0 unspecified atom stereocenters. The van der Waals surface area contributed by atoms with Crippen LogP contribution in [-0.4, -0.2) is 5.78 Å². The lowest BCUT2D eigenvalue weighted by Gasteiger charge is -2.02. The molecule has 14 heavy (non-hydrogen) atoms. The van der Waals surface area contributed by atoms with E-state index in [0.717, 1.165) is 18.4 Å². The summed E-state index contributed by atoms with van der Waals surface area (Å²) in [4.78, 5) is 11.2. The van der Waals surface area contributed by atoms with Gasteiger partial charge in [0.2, 0.25) is 0 Å². The zero-order valence-corrected chi connectivity index (χ0v) is 8.62. The Morgan fingerprint density at radius 1 is 1.29 bits per heavy atom. The lowest BCUT2D eigenvalue weighted by molar-refractivity contribution is -0.115. The molecule has 0 bridgehead atoms. The predicted octanol–water partition coefficient (Wildman–Crippen LogP) is 3.15. The van der Waals surface area contributed by atoms with Gasteiger partial charge in [-0.25, -0.2) is 0 Å². The van der Waals surface area contributed by atoms with Gasteiger partial charge in [-0.1, -0.05) is 43.8 Å². The molecule has 0 aliphatic heterocycles. The number of rotatable bonds is 5. The second-order valence-electron chi connectivity index (χ2n) is 3.37. The highest BCUT2D eigenvalue weighted by Crippen LogP contribution is 2.09. The van der Waals surface area contributed by atoms with Crippen molar-refractivity contribution in [1.82, 2.24) is 0 Å². The van der Waals surface area contributed by atoms with Crippen molar-refractivity contribution in [3.8, 4) is 0 Å². The maximum absolute atomic E-state index is 11.2. The summed E-state index contributed by atoms with van der Waals surface area (Å²) in [6.07, 6.45) is 2.25.